The maximum atomic E-state index is 11.9. The molecule has 2 aromatic carbocycles. The van der Waals surface area contributed by atoms with Crippen LogP contribution in [-0.2, 0) is 14.3 Å². The van der Waals surface area contributed by atoms with Crippen molar-refractivity contribution < 1.29 is 19.1 Å². The van der Waals surface area contributed by atoms with Crippen LogP contribution in [0.3, 0.4) is 0 Å². The number of rotatable bonds is 7. The standard InChI is InChI=1S/C19H22ClNO4/c1-12(2)10-21-19(23)13(3)25-18(22)11-24-17-9-8-16(20)14-6-4-5-7-15(14)17/h4-9,12-13H,10-11H2,1-3H3,(H,21,23)/t13-/m1/s1. The van der Waals surface area contributed by atoms with Crippen LogP contribution >= 0.6 is 11.6 Å². The van der Waals surface area contributed by atoms with E-state index in [0.29, 0.717) is 23.2 Å². The molecule has 2 aromatic rings. The highest BCUT2D eigenvalue weighted by Gasteiger charge is 2.18. The minimum atomic E-state index is -0.864. The van der Waals surface area contributed by atoms with Crippen LogP contribution in [0.4, 0.5) is 0 Å². The average molecular weight is 364 g/mol. The SMILES string of the molecule is CC(C)CNC(=O)[C@@H](C)OC(=O)COc1ccc(Cl)c2ccccc12. The Morgan fingerprint density at radius 3 is 2.44 bits per heavy atom. The molecule has 0 saturated heterocycles. The topological polar surface area (TPSA) is 64.6 Å². The first-order valence-corrected chi connectivity index (χ1v) is 8.53. The third kappa shape index (κ3) is 5.36. The summed E-state index contributed by atoms with van der Waals surface area (Å²) in [7, 11) is 0. The van der Waals surface area contributed by atoms with Crippen LogP contribution in [0.2, 0.25) is 5.02 Å². The molecule has 1 amide bonds. The first-order chi connectivity index (χ1) is 11.9. The molecule has 2 rings (SSSR count). The van der Waals surface area contributed by atoms with Gasteiger partial charge in [0.25, 0.3) is 5.91 Å². The Labute approximate surface area is 152 Å². The van der Waals surface area contributed by atoms with E-state index in [1.807, 2.05) is 38.1 Å². The molecule has 1 atom stereocenters. The zero-order valence-electron chi connectivity index (χ0n) is 14.5. The summed E-state index contributed by atoms with van der Waals surface area (Å²) in [6, 6.07) is 10.9. The Hall–Kier alpha value is -2.27. The van der Waals surface area contributed by atoms with Gasteiger partial charge in [0, 0.05) is 22.3 Å². The molecule has 0 bridgehead atoms. The van der Waals surface area contributed by atoms with Crippen LogP contribution in [0.15, 0.2) is 36.4 Å². The second kappa shape index (κ2) is 8.72. The fourth-order valence-corrected chi connectivity index (χ4v) is 2.46. The molecule has 0 saturated carbocycles. The third-order valence-corrected chi connectivity index (χ3v) is 3.87. The van der Waals surface area contributed by atoms with Crippen molar-refractivity contribution in [3.63, 3.8) is 0 Å². The number of nitrogens with one attached hydrogen (secondary N) is 1. The lowest BCUT2D eigenvalue weighted by atomic mass is 10.1. The van der Waals surface area contributed by atoms with E-state index in [2.05, 4.69) is 5.32 Å². The van der Waals surface area contributed by atoms with Gasteiger partial charge in [-0.3, -0.25) is 4.79 Å². The van der Waals surface area contributed by atoms with Gasteiger partial charge in [-0.1, -0.05) is 49.7 Å². The van der Waals surface area contributed by atoms with Crippen LogP contribution in [0, 0.1) is 5.92 Å². The summed E-state index contributed by atoms with van der Waals surface area (Å²) in [5, 5.41) is 4.99. The van der Waals surface area contributed by atoms with Crippen LogP contribution < -0.4 is 10.1 Å². The monoisotopic (exact) mass is 363 g/mol. The molecule has 0 aromatic heterocycles. The number of carbonyl (C=O) groups excluding carboxylic acids is 2. The third-order valence-electron chi connectivity index (χ3n) is 3.54. The Bertz CT molecular complexity index is 760. The number of fused-ring (bicyclic) bond motifs is 1. The number of halogens is 1. The maximum absolute atomic E-state index is 11.9. The van der Waals surface area contributed by atoms with Gasteiger partial charge in [-0.05, 0) is 25.0 Å². The predicted octanol–water partition coefficient (Wildman–Crippen LogP) is 3.58. The van der Waals surface area contributed by atoms with E-state index < -0.39 is 12.1 Å². The number of esters is 1. The molecule has 134 valence electrons. The van der Waals surface area contributed by atoms with Crippen molar-refractivity contribution in [1.82, 2.24) is 5.32 Å². The molecule has 6 heteroatoms. The molecule has 0 radical (unpaired) electrons. The Balaban J connectivity index is 1.92. The number of carbonyl (C=O) groups is 2. The lowest BCUT2D eigenvalue weighted by Crippen LogP contribution is -2.38. The lowest BCUT2D eigenvalue weighted by molar-refractivity contribution is -0.156. The van der Waals surface area contributed by atoms with E-state index in [0.717, 1.165) is 10.8 Å². The quantitative estimate of drug-likeness (QED) is 0.764. The molecule has 0 aliphatic carbocycles. The molecule has 0 unspecified atom stereocenters. The maximum Gasteiger partial charge on any atom is 0.344 e. The van der Waals surface area contributed by atoms with Gasteiger partial charge < -0.3 is 14.8 Å². The van der Waals surface area contributed by atoms with Gasteiger partial charge in [-0.15, -0.1) is 0 Å². The van der Waals surface area contributed by atoms with E-state index in [9.17, 15) is 9.59 Å². The largest absolute Gasteiger partial charge is 0.481 e. The molecule has 5 nitrogen and oxygen atoms in total. The van der Waals surface area contributed by atoms with E-state index in [1.165, 1.54) is 6.92 Å². The highest BCUT2D eigenvalue weighted by atomic mass is 35.5. The summed E-state index contributed by atoms with van der Waals surface area (Å²) in [6.45, 7) is 5.76. The smallest absolute Gasteiger partial charge is 0.344 e. The van der Waals surface area contributed by atoms with Crippen LogP contribution in [0.5, 0.6) is 5.75 Å². The second-order valence-corrected chi connectivity index (χ2v) is 6.56. The Kier molecular flexibility index (Phi) is 6.65. The van der Waals surface area contributed by atoms with Gasteiger partial charge in [0.15, 0.2) is 12.7 Å². The molecule has 0 spiro atoms. The molecule has 1 N–H and O–H groups in total. The highest BCUT2D eigenvalue weighted by Crippen LogP contribution is 2.31. The summed E-state index contributed by atoms with van der Waals surface area (Å²) >= 11 is 6.16. The normalized spacial score (nSPS) is 12.0. The van der Waals surface area contributed by atoms with Gasteiger partial charge >= 0.3 is 5.97 Å². The van der Waals surface area contributed by atoms with Crippen molar-refractivity contribution >= 4 is 34.2 Å². The zero-order chi connectivity index (χ0) is 18.4. The van der Waals surface area contributed by atoms with Crippen molar-refractivity contribution in [3.8, 4) is 5.75 Å². The Morgan fingerprint density at radius 2 is 1.76 bits per heavy atom. The van der Waals surface area contributed by atoms with E-state index in [1.54, 1.807) is 12.1 Å². The van der Waals surface area contributed by atoms with E-state index >= 15 is 0 Å². The molecular weight excluding hydrogens is 342 g/mol. The van der Waals surface area contributed by atoms with Gasteiger partial charge in [-0.25, -0.2) is 4.79 Å². The fourth-order valence-electron chi connectivity index (χ4n) is 2.23. The zero-order valence-corrected chi connectivity index (χ0v) is 15.3. The summed E-state index contributed by atoms with van der Waals surface area (Å²) in [5.74, 6) is -0.0625. The van der Waals surface area contributed by atoms with Gasteiger partial charge in [0.1, 0.15) is 5.75 Å². The van der Waals surface area contributed by atoms with Crippen molar-refractivity contribution in [2.45, 2.75) is 26.9 Å². The Morgan fingerprint density at radius 1 is 1.08 bits per heavy atom. The first kappa shape index (κ1) is 19.1. The van der Waals surface area contributed by atoms with E-state index in [4.69, 9.17) is 21.1 Å². The van der Waals surface area contributed by atoms with E-state index in [-0.39, 0.29) is 12.5 Å². The highest BCUT2D eigenvalue weighted by molar-refractivity contribution is 6.35. The predicted molar refractivity (Wildman–Crippen MR) is 97.9 cm³/mol. The van der Waals surface area contributed by atoms with Crippen LogP contribution in [-0.4, -0.2) is 31.1 Å². The lowest BCUT2D eigenvalue weighted by Gasteiger charge is -2.15. The van der Waals surface area contributed by atoms with Gasteiger partial charge in [0.05, 0.1) is 0 Å². The molecular formula is C19H22ClNO4. The number of ether oxygens (including phenoxy) is 2. The molecule has 25 heavy (non-hydrogen) atoms. The molecule has 0 aliphatic heterocycles. The number of hydrogen-bond acceptors (Lipinski definition) is 4. The summed E-state index contributed by atoms with van der Waals surface area (Å²) in [6.07, 6.45) is -0.864. The fraction of sp³-hybridized carbons (Fsp3) is 0.368. The van der Waals surface area contributed by atoms with Crippen molar-refractivity contribution in [2.24, 2.45) is 5.92 Å². The molecule has 0 heterocycles. The summed E-state index contributed by atoms with van der Waals surface area (Å²) in [4.78, 5) is 23.7. The van der Waals surface area contributed by atoms with Crippen molar-refractivity contribution in [2.75, 3.05) is 13.2 Å². The van der Waals surface area contributed by atoms with Crippen LogP contribution in [0.1, 0.15) is 20.8 Å². The summed E-state index contributed by atoms with van der Waals surface area (Å²) < 4.78 is 10.6. The van der Waals surface area contributed by atoms with Crippen LogP contribution in [0.25, 0.3) is 10.8 Å². The first-order valence-electron chi connectivity index (χ1n) is 8.15. The molecule has 0 aliphatic rings. The van der Waals surface area contributed by atoms with Gasteiger partial charge in [0.2, 0.25) is 0 Å². The van der Waals surface area contributed by atoms with Crippen molar-refractivity contribution in [3.05, 3.63) is 41.4 Å². The number of benzene rings is 2. The van der Waals surface area contributed by atoms with Crippen molar-refractivity contribution in [1.29, 1.82) is 0 Å². The number of amides is 1. The number of hydrogen-bond donors (Lipinski definition) is 1. The minimum Gasteiger partial charge on any atom is -0.481 e. The minimum absolute atomic E-state index is 0.284. The second-order valence-electron chi connectivity index (χ2n) is 6.15. The van der Waals surface area contributed by atoms with Gasteiger partial charge in [-0.2, -0.15) is 0 Å². The average Bonchev–Trinajstić information content (AvgIpc) is 2.59. The summed E-state index contributed by atoms with van der Waals surface area (Å²) in [5.41, 5.74) is 0. The molecule has 0 fully saturated rings.